The summed E-state index contributed by atoms with van der Waals surface area (Å²) < 4.78 is 45.1. The molecule has 3 rings (SSSR count). The number of carbonyl (C=O) groups excluding carboxylic acids is 3. The largest absolute Gasteiger partial charge is 0.457 e. The molecule has 1 aliphatic heterocycles. The second-order valence-corrected chi connectivity index (χ2v) is 9.81. The van der Waals surface area contributed by atoms with Crippen LogP contribution in [0, 0.1) is 25.6 Å². The lowest BCUT2D eigenvalue weighted by Crippen LogP contribution is -2.43. The number of nitrogens with zero attached hydrogens (tertiary/aromatic N) is 1. The molecule has 0 radical (unpaired) electrons. The zero-order valence-electron chi connectivity index (χ0n) is 18.1. The number of hydrogen-bond donors (Lipinski definition) is 1. The SMILES string of the molecule is CC(=O)c1c(C)[nH]c(C(=O)COC(=O)C2CCCN(S(=O)(=O)c3ccc(F)cc3)C2)c1C. The van der Waals surface area contributed by atoms with Gasteiger partial charge in [0.2, 0.25) is 15.8 Å². The fourth-order valence-corrected chi connectivity index (χ4v) is 5.52. The first-order valence-electron chi connectivity index (χ1n) is 10.2. The van der Waals surface area contributed by atoms with Crippen molar-refractivity contribution in [1.29, 1.82) is 0 Å². The van der Waals surface area contributed by atoms with Gasteiger partial charge in [-0.15, -0.1) is 0 Å². The fraction of sp³-hybridized carbons (Fsp3) is 0.409. The van der Waals surface area contributed by atoms with E-state index in [0.717, 1.165) is 12.1 Å². The molecule has 0 spiro atoms. The second kappa shape index (κ2) is 9.33. The Labute approximate surface area is 185 Å². The van der Waals surface area contributed by atoms with Gasteiger partial charge < -0.3 is 9.72 Å². The van der Waals surface area contributed by atoms with Crippen LogP contribution in [0.25, 0.3) is 0 Å². The Bertz CT molecular complexity index is 1150. The molecule has 1 aliphatic rings. The first kappa shape index (κ1) is 23.8. The highest BCUT2D eigenvalue weighted by atomic mass is 32.2. The van der Waals surface area contributed by atoms with Gasteiger partial charge in [0.25, 0.3) is 0 Å². The van der Waals surface area contributed by atoms with Gasteiger partial charge in [-0.05, 0) is 63.4 Å². The van der Waals surface area contributed by atoms with Crippen LogP contribution < -0.4 is 0 Å². The number of halogens is 1. The topological polar surface area (TPSA) is 114 Å². The number of esters is 1. The maximum Gasteiger partial charge on any atom is 0.310 e. The summed E-state index contributed by atoms with van der Waals surface area (Å²) in [6, 6.07) is 4.49. The summed E-state index contributed by atoms with van der Waals surface area (Å²) >= 11 is 0. The molecule has 1 saturated heterocycles. The van der Waals surface area contributed by atoms with Gasteiger partial charge in [0.1, 0.15) is 5.82 Å². The van der Waals surface area contributed by atoms with Crippen LogP contribution in [-0.2, 0) is 19.6 Å². The zero-order valence-corrected chi connectivity index (χ0v) is 18.9. The molecule has 1 N–H and O–H groups in total. The van der Waals surface area contributed by atoms with Crippen molar-refractivity contribution in [2.24, 2.45) is 5.92 Å². The average molecular weight is 465 g/mol. The molecule has 1 aromatic heterocycles. The van der Waals surface area contributed by atoms with E-state index in [2.05, 4.69) is 4.98 Å². The van der Waals surface area contributed by atoms with Crippen LogP contribution in [0.5, 0.6) is 0 Å². The lowest BCUT2D eigenvalue weighted by molar-refractivity contribution is -0.148. The molecule has 1 unspecified atom stereocenters. The Morgan fingerprint density at radius 2 is 1.84 bits per heavy atom. The summed E-state index contributed by atoms with van der Waals surface area (Å²) in [5, 5.41) is 0. The number of rotatable bonds is 7. The summed E-state index contributed by atoms with van der Waals surface area (Å²) in [5.41, 5.74) is 1.72. The number of sulfonamides is 1. The third kappa shape index (κ3) is 4.81. The first-order chi connectivity index (χ1) is 15.0. The van der Waals surface area contributed by atoms with Gasteiger partial charge in [0.15, 0.2) is 12.4 Å². The van der Waals surface area contributed by atoms with Crippen LogP contribution in [0.3, 0.4) is 0 Å². The molecule has 32 heavy (non-hydrogen) atoms. The number of aromatic amines is 1. The molecule has 172 valence electrons. The standard InChI is InChI=1S/C22H25FN2O6S/c1-13-20(15(3)26)14(2)24-21(13)19(27)12-31-22(28)16-5-4-10-25(11-16)32(29,30)18-8-6-17(23)7-9-18/h6-9,16,24H,4-5,10-12H2,1-3H3. The quantitative estimate of drug-likeness (QED) is 0.498. The maximum atomic E-state index is 13.1. The summed E-state index contributed by atoms with van der Waals surface area (Å²) in [7, 11) is -3.88. The van der Waals surface area contributed by atoms with E-state index >= 15 is 0 Å². The minimum absolute atomic E-state index is 0.0537. The molecule has 1 fully saturated rings. The van der Waals surface area contributed by atoms with Crippen molar-refractivity contribution in [1.82, 2.24) is 9.29 Å². The van der Waals surface area contributed by atoms with Crippen LogP contribution >= 0.6 is 0 Å². The average Bonchev–Trinajstić information content (AvgIpc) is 3.06. The Morgan fingerprint density at radius 3 is 2.44 bits per heavy atom. The Hall–Kier alpha value is -2.85. The van der Waals surface area contributed by atoms with Gasteiger partial charge in [-0.1, -0.05) is 0 Å². The number of nitrogens with one attached hydrogen (secondary N) is 1. The molecule has 2 heterocycles. The highest BCUT2D eigenvalue weighted by Crippen LogP contribution is 2.25. The van der Waals surface area contributed by atoms with Crippen LogP contribution in [0.1, 0.15) is 51.9 Å². The zero-order chi connectivity index (χ0) is 23.6. The second-order valence-electron chi connectivity index (χ2n) is 7.87. The van der Waals surface area contributed by atoms with Crippen LogP contribution in [0.15, 0.2) is 29.2 Å². The van der Waals surface area contributed by atoms with Crippen molar-refractivity contribution in [3.05, 3.63) is 52.6 Å². The van der Waals surface area contributed by atoms with Crippen molar-refractivity contribution in [3.63, 3.8) is 0 Å². The number of hydrogen-bond acceptors (Lipinski definition) is 6. The van der Waals surface area contributed by atoms with E-state index < -0.39 is 40.1 Å². The number of ether oxygens (including phenoxy) is 1. The lowest BCUT2D eigenvalue weighted by atomic mass is 10.00. The van der Waals surface area contributed by atoms with Gasteiger partial charge >= 0.3 is 5.97 Å². The van der Waals surface area contributed by atoms with Gasteiger partial charge in [0.05, 0.1) is 16.5 Å². The van der Waals surface area contributed by atoms with E-state index in [9.17, 15) is 27.2 Å². The van der Waals surface area contributed by atoms with Gasteiger partial charge in [-0.25, -0.2) is 12.8 Å². The first-order valence-corrected chi connectivity index (χ1v) is 11.6. The van der Waals surface area contributed by atoms with E-state index in [-0.39, 0.29) is 29.5 Å². The molecule has 8 nitrogen and oxygen atoms in total. The molecule has 0 bridgehead atoms. The predicted molar refractivity (Wildman–Crippen MR) is 113 cm³/mol. The monoisotopic (exact) mass is 464 g/mol. The molecule has 1 atom stereocenters. The third-order valence-electron chi connectivity index (χ3n) is 5.58. The Morgan fingerprint density at radius 1 is 1.19 bits per heavy atom. The fourth-order valence-electron chi connectivity index (χ4n) is 3.99. The van der Waals surface area contributed by atoms with Gasteiger partial charge in [-0.2, -0.15) is 4.31 Å². The van der Waals surface area contributed by atoms with Gasteiger partial charge in [-0.3, -0.25) is 14.4 Å². The van der Waals surface area contributed by atoms with E-state index in [0.29, 0.717) is 29.7 Å². The molecular formula is C22H25FN2O6S. The highest BCUT2D eigenvalue weighted by molar-refractivity contribution is 7.89. The molecule has 0 saturated carbocycles. The van der Waals surface area contributed by atoms with Crippen molar-refractivity contribution >= 4 is 27.6 Å². The third-order valence-corrected chi connectivity index (χ3v) is 7.46. The van der Waals surface area contributed by atoms with E-state index in [1.807, 2.05) is 0 Å². The summed E-state index contributed by atoms with van der Waals surface area (Å²) in [6.07, 6.45) is 0.878. The van der Waals surface area contributed by atoms with E-state index in [4.69, 9.17) is 4.74 Å². The summed E-state index contributed by atoms with van der Waals surface area (Å²) in [5.74, 6) is -2.57. The predicted octanol–water partition coefficient (Wildman–Crippen LogP) is 2.80. The number of carbonyl (C=O) groups is 3. The maximum absolute atomic E-state index is 13.1. The molecule has 2 aromatic rings. The van der Waals surface area contributed by atoms with Crippen LogP contribution in [0.2, 0.25) is 0 Å². The number of Topliss-reactive ketones (excluding diaryl/α,β-unsaturated/α-hetero) is 2. The van der Waals surface area contributed by atoms with Crippen molar-refractivity contribution in [3.8, 4) is 0 Å². The normalized spacial score (nSPS) is 17.2. The number of ketones is 2. The lowest BCUT2D eigenvalue weighted by Gasteiger charge is -2.30. The molecule has 1 aromatic carbocycles. The molecule has 0 amide bonds. The van der Waals surface area contributed by atoms with Crippen molar-refractivity contribution < 1.29 is 31.9 Å². The van der Waals surface area contributed by atoms with Crippen LogP contribution in [-0.4, -0.2) is 54.9 Å². The smallest absolute Gasteiger partial charge is 0.310 e. The van der Waals surface area contributed by atoms with E-state index in [1.54, 1.807) is 13.8 Å². The number of aryl methyl sites for hydroxylation is 1. The Balaban J connectivity index is 1.64. The highest BCUT2D eigenvalue weighted by Gasteiger charge is 2.34. The van der Waals surface area contributed by atoms with Crippen molar-refractivity contribution in [2.45, 2.75) is 38.5 Å². The molecule has 0 aliphatic carbocycles. The summed E-state index contributed by atoms with van der Waals surface area (Å²) in [4.78, 5) is 39.6. The Kier molecular flexibility index (Phi) is 6.94. The van der Waals surface area contributed by atoms with Crippen molar-refractivity contribution in [2.75, 3.05) is 19.7 Å². The number of aromatic nitrogens is 1. The number of piperidine rings is 1. The minimum Gasteiger partial charge on any atom is -0.457 e. The number of benzene rings is 1. The molecule has 10 heteroatoms. The molecular weight excluding hydrogens is 439 g/mol. The number of H-pyrrole nitrogens is 1. The van der Waals surface area contributed by atoms with Gasteiger partial charge in [0, 0.05) is 24.3 Å². The minimum atomic E-state index is -3.88. The summed E-state index contributed by atoms with van der Waals surface area (Å²) in [6.45, 7) is 4.38. The van der Waals surface area contributed by atoms with Crippen LogP contribution in [0.4, 0.5) is 4.39 Å². The van der Waals surface area contributed by atoms with E-state index in [1.165, 1.54) is 23.4 Å².